The molecule has 0 radical (unpaired) electrons. The van der Waals surface area contributed by atoms with Crippen molar-refractivity contribution >= 4 is 28.0 Å². The predicted octanol–water partition coefficient (Wildman–Crippen LogP) is 4.35. The number of nitrogens with zero attached hydrogens (tertiary/aromatic N) is 3. The minimum Gasteiger partial charge on any atom is -0.493 e. The fourth-order valence-electron chi connectivity index (χ4n) is 3.95. The molecule has 2 aromatic carbocycles. The number of ether oxygens (including phenoxy) is 1. The Hall–Kier alpha value is -2.44. The van der Waals surface area contributed by atoms with E-state index in [2.05, 4.69) is 15.3 Å². The molecule has 0 aliphatic carbocycles. The first-order valence-corrected chi connectivity index (χ1v) is 11.1. The average Bonchev–Trinajstić information content (AvgIpc) is 2.99. The van der Waals surface area contributed by atoms with Gasteiger partial charge in [-0.15, -0.1) is 11.3 Å². The summed E-state index contributed by atoms with van der Waals surface area (Å²) in [7, 11) is 0. The van der Waals surface area contributed by atoms with Crippen molar-refractivity contribution < 1.29 is 9.53 Å². The van der Waals surface area contributed by atoms with Gasteiger partial charge >= 0.3 is 0 Å². The van der Waals surface area contributed by atoms with E-state index in [0.717, 1.165) is 60.6 Å². The second kappa shape index (κ2) is 8.93. The zero-order chi connectivity index (χ0) is 20.2. The van der Waals surface area contributed by atoms with Gasteiger partial charge in [0, 0.05) is 38.1 Å². The Labute approximate surface area is 175 Å². The van der Waals surface area contributed by atoms with Crippen molar-refractivity contribution in [3.8, 4) is 5.75 Å². The molecule has 1 saturated heterocycles. The Bertz CT molecular complexity index is 1000. The Morgan fingerprint density at radius 3 is 2.79 bits per heavy atom. The summed E-state index contributed by atoms with van der Waals surface area (Å²) in [5.74, 6) is 0.742. The molecule has 4 rings (SSSR count). The lowest BCUT2D eigenvalue weighted by Crippen LogP contribution is -2.35. The molecule has 1 aliphatic rings. The number of aryl methyl sites for hydroxylation is 1. The summed E-state index contributed by atoms with van der Waals surface area (Å²) in [5, 5.41) is 5.26. The van der Waals surface area contributed by atoms with Crippen LogP contribution in [-0.4, -0.2) is 53.5 Å². The van der Waals surface area contributed by atoms with Crippen molar-refractivity contribution in [2.75, 3.05) is 32.8 Å². The van der Waals surface area contributed by atoms with Gasteiger partial charge in [0.1, 0.15) is 5.75 Å². The highest BCUT2D eigenvalue weighted by atomic mass is 32.1. The number of carbonyl (C=O) groups excluding carboxylic acids is 1. The lowest BCUT2D eigenvalue weighted by atomic mass is 10.0. The number of rotatable bonds is 5. The summed E-state index contributed by atoms with van der Waals surface area (Å²) < 4.78 is 5.83. The molecular formula is C23H27N3O2S. The third kappa shape index (κ3) is 4.43. The van der Waals surface area contributed by atoms with Crippen LogP contribution in [0.1, 0.15) is 34.4 Å². The molecular weight excluding hydrogens is 382 g/mol. The van der Waals surface area contributed by atoms with Crippen molar-refractivity contribution in [3.05, 3.63) is 58.0 Å². The maximum absolute atomic E-state index is 13.5. The Morgan fingerprint density at radius 1 is 1.14 bits per heavy atom. The van der Waals surface area contributed by atoms with Crippen LogP contribution < -0.4 is 4.74 Å². The number of hydrogen-bond donors (Lipinski definition) is 0. The second-order valence-electron chi connectivity index (χ2n) is 7.37. The number of hydrogen-bond acceptors (Lipinski definition) is 5. The van der Waals surface area contributed by atoms with Crippen molar-refractivity contribution in [2.45, 2.75) is 26.8 Å². The van der Waals surface area contributed by atoms with Crippen LogP contribution in [0, 0.1) is 6.92 Å². The SMILES string of the molecule is CCOc1ccc2ccccc2c1C(=O)N1CCCN(Cc2csc(C)n2)CC1. The number of thiazole rings is 1. The molecule has 3 aromatic rings. The van der Waals surface area contributed by atoms with E-state index in [1.807, 2.05) is 55.1 Å². The van der Waals surface area contributed by atoms with Crippen molar-refractivity contribution in [3.63, 3.8) is 0 Å². The Balaban J connectivity index is 1.54. The van der Waals surface area contributed by atoms with Crippen LogP contribution >= 0.6 is 11.3 Å². The van der Waals surface area contributed by atoms with Crippen LogP contribution in [-0.2, 0) is 6.54 Å². The van der Waals surface area contributed by atoms with E-state index >= 15 is 0 Å². The van der Waals surface area contributed by atoms with E-state index in [1.165, 1.54) is 0 Å². The summed E-state index contributed by atoms with van der Waals surface area (Å²) in [6, 6.07) is 12.0. The smallest absolute Gasteiger partial charge is 0.258 e. The van der Waals surface area contributed by atoms with Crippen molar-refractivity contribution in [1.82, 2.24) is 14.8 Å². The lowest BCUT2D eigenvalue weighted by molar-refractivity contribution is 0.0759. The van der Waals surface area contributed by atoms with Gasteiger partial charge in [-0.3, -0.25) is 9.69 Å². The maximum Gasteiger partial charge on any atom is 0.258 e. The van der Waals surface area contributed by atoms with Crippen LogP contribution in [0.25, 0.3) is 10.8 Å². The maximum atomic E-state index is 13.5. The van der Waals surface area contributed by atoms with Crippen molar-refractivity contribution in [1.29, 1.82) is 0 Å². The molecule has 0 unspecified atom stereocenters. The minimum absolute atomic E-state index is 0.0663. The van der Waals surface area contributed by atoms with E-state index in [0.29, 0.717) is 17.9 Å². The summed E-state index contributed by atoms with van der Waals surface area (Å²) in [4.78, 5) is 22.5. The summed E-state index contributed by atoms with van der Waals surface area (Å²) in [6.07, 6.45) is 0.962. The molecule has 2 heterocycles. The van der Waals surface area contributed by atoms with Crippen LogP contribution in [0.5, 0.6) is 5.75 Å². The molecule has 0 bridgehead atoms. The largest absolute Gasteiger partial charge is 0.493 e. The third-order valence-corrected chi connectivity index (χ3v) is 6.15. The van der Waals surface area contributed by atoms with Crippen LogP contribution in [0.2, 0.25) is 0 Å². The highest BCUT2D eigenvalue weighted by Crippen LogP contribution is 2.30. The number of fused-ring (bicyclic) bond motifs is 1. The monoisotopic (exact) mass is 409 g/mol. The minimum atomic E-state index is 0.0663. The average molecular weight is 410 g/mol. The van der Waals surface area contributed by atoms with Crippen LogP contribution in [0.4, 0.5) is 0 Å². The highest BCUT2D eigenvalue weighted by Gasteiger charge is 2.25. The molecule has 0 atom stereocenters. The van der Waals surface area contributed by atoms with E-state index in [4.69, 9.17) is 4.74 Å². The van der Waals surface area contributed by atoms with Crippen LogP contribution in [0.15, 0.2) is 41.8 Å². The molecule has 0 N–H and O–H groups in total. The van der Waals surface area contributed by atoms with Gasteiger partial charge in [0.25, 0.3) is 5.91 Å². The van der Waals surface area contributed by atoms with E-state index in [1.54, 1.807) is 11.3 Å². The van der Waals surface area contributed by atoms with E-state index in [9.17, 15) is 4.79 Å². The molecule has 1 aliphatic heterocycles. The van der Waals surface area contributed by atoms with Gasteiger partial charge in [0.05, 0.1) is 22.9 Å². The molecule has 1 fully saturated rings. The number of aromatic nitrogens is 1. The standard InChI is InChI=1S/C23H27N3O2S/c1-3-28-21-10-9-18-7-4-5-8-20(18)22(21)23(27)26-12-6-11-25(13-14-26)15-19-16-29-17(2)24-19/h4-5,7-10,16H,3,6,11-15H2,1-2H3. The normalized spacial score (nSPS) is 15.4. The summed E-state index contributed by atoms with van der Waals surface area (Å²) in [6.45, 7) is 8.71. The van der Waals surface area contributed by atoms with E-state index in [-0.39, 0.29) is 5.91 Å². The van der Waals surface area contributed by atoms with Gasteiger partial charge in [0.15, 0.2) is 0 Å². The Kier molecular flexibility index (Phi) is 6.11. The lowest BCUT2D eigenvalue weighted by Gasteiger charge is -2.23. The molecule has 5 nitrogen and oxygen atoms in total. The summed E-state index contributed by atoms with van der Waals surface area (Å²) in [5.41, 5.74) is 1.81. The fraction of sp³-hybridized carbons (Fsp3) is 0.391. The summed E-state index contributed by atoms with van der Waals surface area (Å²) >= 11 is 1.69. The topological polar surface area (TPSA) is 45.7 Å². The zero-order valence-corrected chi connectivity index (χ0v) is 17.9. The number of amides is 1. The fourth-order valence-corrected chi connectivity index (χ4v) is 4.55. The predicted molar refractivity (Wildman–Crippen MR) is 118 cm³/mol. The highest BCUT2D eigenvalue weighted by molar-refractivity contribution is 7.09. The quantitative estimate of drug-likeness (QED) is 0.628. The number of carbonyl (C=O) groups is 1. The van der Waals surface area contributed by atoms with Gasteiger partial charge in [-0.1, -0.05) is 30.3 Å². The molecule has 6 heteroatoms. The second-order valence-corrected chi connectivity index (χ2v) is 8.43. The number of benzene rings is 2. The first kappa shape index (κ1) is 19.9. The first-order chi connectivity index (χ1) is 14.2. The zero-order valence-electron chi connectivity index (χ0n) is 17.1. The third-order valence-electron chi connectivity index (χ3n) is 5.33. The van der Waals surface area contributed by atoms with Gasteiger partial charge < -0.3 is 9.64 Å². The van der Waals surface area contributed by atoms with Crippen molar-refractivity contribution in [2.24, 2.45) is 0 Å². The van der Waals surface area contributed by atoms with Gasteiger partial charge in [-0.25, -0.2) is 4.98 Å². The van der Waals surface area contributed by atoms with E-state index < -0.39 is 0 Å². The van der Waals surface area contributed by atoms with Gasteiger partial charge in [0.2, 0.25) is 0 Å². The molecule has 152 valence electrons. The van der Waals surface area contributed by atoms with Gasteiger partial charge in [-0.05, 0) is 37.1 Å². The molecule has 1 amide bonds. The van der Waals surface area contributed by atoms with Gasteiger partial charge in [-0.2, -0.15) is 0 Å². The van der Waals surface area contributed by atoms with Crippen LogP contribution in [0.3, 0.4) is 0 Å². The molecule has 29 heavy (non-hydrogen) atoms. The molecule has 1 aromatic heterocycles. The first-order valence-electron chi connectivity index (χ1n) is 10.2. The molecule has 0 spiro atoms. The Morgan fingerprint density at radius 2 is 2.00 bits per heavy atom. The molecule has 0 saturated carbocycles.